The summed E-state index contributed by atoms with van der Waals surface area (Å²) in [6.45, 7) is 1.41. The third-order valence-electron chi connectivity index (χ3n) is 3.97. The Hall–Kier alpha value is -3.68. The van der Waals surface area contributed by atoms with Crippen LogP contribution in [-0.2, 0) is 16.1 Å². The normalized spacial score (nSPS) is 10.5. The third kappa shape index (κ3) is 4.53. The maximum Gasteiger partial charge on any atom is 0.325 e. The van der Waals surface area contributed by atoms with Gasteiger partial charge in [0.2, 0.25) is 0 Å². The number of methoxy groups -OCH3 is 1. The van der Waals surface area contributed by atoms with Crippen LogP contribution in [0.4, 0.5) is 0 Å². The molecule has 144 valence electrons. The monoisotopic (exact) mass is 381 g/mol. The number of nitrogens with zero attached hydrogens (tertiary/aromatic N) is 2. The first-order valence-electron chi connectivity index (χ1n) is 8.53. The molecule has 0 atom stereocenters. The number of ether oxygens (including phenoxy) is 2. The second-order valence-corrected chi connectivity index (χ2v) is 6.10. The molecular weight excluding hydrogens is 362 g/mol. The minimum Gasteiger partial charge on any atom is -0.497 e. The van der Waals surface area contributed by atoms with Gasteiger partial charge in [-0.25, -0.2) is 4.98 Å². The fraction of sp³-hybridized carbons (Fsp3) is 0.200. The average Bonchev–Trinajstić information content (AvgIpc) is 2.71. The molecule has 0 radical (unpaired) electrons. The second kappa shape index (κ2) is 8.34. The summed E-state index contributed by atoms with van der Waals surface area (Å²) in [5.74, 6) is -0.519. The number of aromatic nitrogens is 2. The highest BCUT2D eigenvalue weighted by atomic mass is 16.5. The first kappa shape index (κ1) is 19.1. The molecule has 0 aliphatic carbocycles. The lowest BCUT2D eigenvalue weighted by molar-refractivity contribution is -0.143. The van der Waals surface area contributed by atoms with E-state index in [9.17, 15) is 14.4 Å². The Morgan fingerprint density at radius 2 is 2.00 bits per heavy atom. The smallest absolute Gasteiger partial charge is 0.325 e. The van der Waals surface area contributed by atoms with E-state index in [-0.39, 0.29) is 18.7 Å². The van der Waals surface area contributed by atoms with Crippen LogP contribution in [-0.4, -0.2) is 34.9 Å². The Bertz CT molecular complexity index is 1090. The van der Waals surface area contributed by atoms with Gasteiger partial charge in [-0.05, 0) is 36.8 Å². The number of carbonyl (C=O) groups is 2. The average molecular weight is 381 g/mol. The number of esters is 1. The molecule has 0 spiro atoms. The van der Waals surface area contributed by atoms with Gasteiger partial charge in [0, 0.05) is 17.8 Å². The molecule has 0 fully saturated rings. The molecule has 0 saturated carbocycles. The van der Waals surface area contributed by atoms with Crippen molar-refractivity contribution in [3.8, 4) is 5.75 Å². The summed E-state index contributed by atoms with van der Waals surface area (Å²) in [6, 6.07) is 11.4. The summed E-state index contributed by atoms with van der Waals surface area (Å²) in [7, 11) is 1.50. The molecule has 1 amide bonds. The van der Waals surface area contributed by atoms with Crippen LogP contribution in [0.3, 0.4) is 0 Å². The van der Waals surface area contributed by atoms with Crippen LogP contribution in [0.25, 0.3) is 5.65 Å². The van der Waals surface area contributed by atoms with E-state index in [1.165, 1.54) is 17.6 Å². The van der Waals surface area contributed by atoms with Gasteiger partial charge in [-0.15, -0.1) is 0 Å². The van der Waals surface area contributed by atoms with Crippen LogP contribution >= 0.6 is 0 Å². The fourth-order valence-electron chi connectivity index (χ4n) is 2.56. The Morgan fingerprint density at radius 1 is 1.18 bits per heavy atom. The molecule has 8 heteroatoms. The predicted molar refractivity (Wildman–Crippen MR) is 101 cm³/mol. The third-order valence-corrected chi connectivity index (χ3v) is 3.97. The van der Waals surface area contributed by atoms with Gasteiger partial charge >= 0.3 is 5.97 Å². The number of pyridine rings is 1. The molecule has 28 heavy (non-hydrogen) atoms. The quantitative estimate of drug-likeness (QED) is 0.650. The van der Waals surface area contributed by atoms with Crippen LogP contribution in [0.2, 0.25) is 0 Å². The highest BCUT2D eigenvalue weighted by Gasteiger charge is 2.11. The van der Waals surface area contributed by atoms with Crippen molar-refractivity contribution in [3.63, 3.8) is 0 Å². The number of amides is 1. The molecule has 3 rings (SSSR count). The van der Waals surface area contributed by atoms with E-state index < -0.39 is 11.9 Å². The van der Waals surface area contributed by atoms with Gasteiger partial charge in [0.1, 0.15) is 24.5 Å². The fourth-order valence-corrected chi connectivity index (χ4v) is 2.56. The molecule has 1 N–H and O–H groups in total. The van der Waals surface area contributed by atoms with E-state index in [0.29, 0.717) is 22.7 Å². The van der Waals surface area contributed by atoms with Crippen LogP contribution in [0.1, 0.15) is 21.6 Å². The lowest BCUT2D eigenvalue weighted by Gasteiger charge is -2.08. The Balaban J connectivity index is 1.57. The molecule has 3 aromatic rings. The summed E-state index contributed by atoms with van der Waals surface area (Å²) in [5.41, 5.74) is 1.84. The Kier molecular flexibility index (Phi) is 5.69. The van der Waals surface area contributed by atoms with E-state index in [4.69, 9.17) is 9.47 Å². The standard InChI is InChI=1S/C20H19N3O5/c1-13-6-7-17-22-15(9-18(24)23(17)11-13)12-28-19(25)10-21-20(26)14-4-3-5-16(8-14)27-2/h3-9,11H,10,12H2,1-2H3,(H,21,26). The van der Waals surface area contributed by atoms with Crippen molar-refractivity contribution < 1.29 is 19.1 Å². The SMILES string of the molecule is COc1cccc(C(=O)NCC(=O)OCc2cc(=O)n3cc(C)ccc3n2)c1. The zero-order chi connectivity index (χ0) is 20.1. The molecule has 0 aliphatic rings. The van der Waals surface area contributed by atoms with Crippen LogP contribution in [0.15, 0.2) is 53.5 Å². The molecule has 2 aromatic heterocycles. The van der Waals surface area contributed by atoms with E-state index in [0.717, 1.165) is 5.56 Å². The number of carbonyl (C=O) groups excluding carboxylic acids is 2. The van der Waals surface area contributed by atoms with Gasteiger partial charge in [0.15, 0.2) is 0 Å². The molecule has 0 saturated heterocycles. The molecular formula is C20H19N3O5. The van der Waals surface area contributed by atoms with Gasteiger partial charge in [-0.2, -0.15) is 0 Å². The minimum atomic E-state index is -0.637. The Labute approximate surface area is 160 Å². The zero-order valence-electron chi connectivity index (χ0n) is 15.5. The van der Waals surface area contributed by atoms with Gasteiger partial charge in [-0.3, -0.25) is 18.8 Å². The number of benzene rings is 1. The van der Waals surface area contributed by atoms with Gasteiger partial charge < -0.3 is 14.8 Å². The maximum absolute atomic E-state index is 12.1. The number of hydrogen-bond donors (Lipinski definition) is 1. The van der Waals surface area contributed by atoms with E-state index in [1.807, 2.05) is 13.0 Å². The first-order valence-corrected chi connectivity index (χ1v) is 8.53. The predicted octanol–water partition coefficient (Wildman–Crippen LogP) is 1.48. The van der Waals surface area contributed by atoms with Crippen molar-refractivity contribution >= 4 is 17.5 Å². The number of fused-ring (bicyclic) bond motifs is 1. The van der Waals surface area contributed by atoms with Crippen molar-refractivity contribution in [1.29, 1.82) is 0 Å². The lowest BCUT2D eigenvalue weighted by Crippen LogP contribution is -2.30. The van der Waals surface area contributed by atoms with Crippen molar-refractivity contribution in [1.82, 2.24) is 14.7 Å². The van der Waals surface area contributed by atoms with Crippen molar-refractivity contribution in [2.45, 2.75) is 13.5 Å². The number of rotatable bonds is 6. The van der Waals surface area contributed by atoms with Gasteiger partial charge in [-0.1, -0.05) is 12.1 Å². The summed E-state index contributed by atoms with van der Waals surface area (Å²) >= 11 is 0. The van der Waals surface area contributed by atoms with Gasteiger partial charge in [0.05, 0.1) is 12.8 Å². The highest BCUT2D eigenvalue weighted by molar-refractivity contribution is 5.96. The molecule has 8 nitrogen and oxygen atoms in total. The molecule has 2 heterocycles. The first-order chi connectivity index (χ1) is 13.5. The van der Waals surface area contributed by atoms with E-state index in [1.54, 1.807) is 36.5 Å². The summed E-state index contributed by atoms with van der Waals surface area (Å²) in [4.78, 5) is 40.4. The van der Waals surface area contributed by atoms with Crippen LogP contribution < -0.4 is 15.6 Å². The Morgan fingerprint density at radius 3 is 2.79 bits per heavy atom. The maximum atomic E-state index is 12.1. The molecule has 0 bridgehead atoms. The topological polar surface area (TPSA) is 99.0 Å². The summed E-state index contributed by atoms with van der Waals surface area (Å²) in [5, 5.41) is 2.48. The summed E-state index contributed by atoms with van der Waals surface area (Å²) < 4.78 is 11.6. The van der Waals surface area contributed by atoms with Crippen LogP contribution in [0, 0.1) is 6.92 Å². The van der Waals surface area contributed by atoms with Gasteiger partial charge in [0.25, 0.3) is 11.5 Å². The van der Waals surface area contributed by atoms with E-state index >= 15 is 0 Å². The van der Waals surface area contributed by atoms with Crippen LogP contribution in [0.5, 0.6) is 5.75 Å². The zero-order valence-corrected chi connectivity index (χ0v) is 15.5. The van der Waals surface area contributed by atoms with E-state index in [2.05, 4.69) is 10.3 Å². The van der Waals surface area contributed by atoms with Crippen molar-refractivity contribution in [2.75, 3.05) is 13.7 Å². The second-order valence-electron chi connectivity index (χ2n) is 6.10. The number of nitrogens with one attached hydrogen (secondary N) is 1. The number of hydrogen-bond acceptors (Lipinski definition) is 6. The number of aryl methyl sites for hydroxylation is 1. The van der Waals surface area contributed by atoms with Crippen molar-refractivity contribution in [3.05, 3.63) is 75.8 Å². The molecule has 0 aliphatic heterocycles. The molecule has 1 aromatic carbocycles. The lowest BCUT2D eigenvalue weighted by atomic mass is 10.2. The van der Waals surface area contributed by atoms with Crippen molar-refractivity contribution in [2.24, 2.45) is 0 Å². The summed E-state index contributed by atoms with van der Waals surface area (Å²) in [6.07, 6.45) is 1.69. The molecule has 0 unspecified atom stereocenters. The minimum absolute atomic E-state index is 0.159. The largest absolute Gasteiger partial charge is 0.497 e. The highest BCUT2D eigenvalue weighted by Crippen LogP contribution is 2.12.